The lowest BCUT2D eigenvalue weighted by Gasteiger charge is -2.04. The van der Waals surface area contributed by atoms with E-state index in [0.717, 1.165) is 28.7 Å². The predicted molar refractivity (Wildman–Crippen MR) is 105 cm³/mol. The highest BCUT2D eigenvalue weighted by atomic mass is 16.5. The maximum absolute atomic E-state index is 12.3. The summed E-state index contributed by atoms with van der Waals surface area (Å²) in [7, 11) is 1.57. The first kappa shape index (κ1) is 17.5. The zero-order valence-corrected chi connectivity index (χ0v) is 14.9. The van der Waals surface area contributed by atoms with E-state index in [9.17, 15) is 4.79 Å². The van der Waals surface area contributed by atoms with Gasteiger partial charge >= 0.3 is 0 Å². The molecular weight excluding hydrogens is 326 g/mol. The zero-order valence-electron chi connectivity index (χ0n) is 14.9. The maximum Gasteiger partial charge on any atom is 0.271 e. The Labute approximate surface area is 152 Å². The van der Waals surface area contributed by atoms with Crippen LogP contribution in [0.15, 0.2) is 66.3 Å². The number of para-hydroxylation sites is 1. The van der Waals surface area contributed by atoms with Crippen LogP contribution in [0.1, 0.15) is 21.6 Å². The number of hydrogen-bond acceptors (Lipinski definition) is 3. The number of rotatable bonds is 6. The van der Waals surface area contributed by atoms with Gasteiger partial charge in [0.2, 0.25) is 0 Å². The van der Waals surface area contributed by atoms with Crippen LogP contribution >= 0.6 is 0 Å². The number of nitrogens with zero attached hydrogens (tertiary/aromatic N) is 2. The summed E-state index contributed by atoms with van der Waals surface area (Å²) in [5.41, 5.74) is 6.24. The number of ether oxygens (including phenoxy) is 1. The fourth-order valence-corrected chi connectivity index (χ4v) is 2.97. The Bertz CT molecular complexity index is 986. The minimum Gasteiger partial charge on any atom is -0.497 e. The van der Waals surface area contributed by atoms with Crippen molar-refractivity contribution in [1.29, 1.82) is 0 Å². The van der Waals surface area contributed by atoms with Crippen molar-refractivity contribution in [2.24, 2.45) is 5.10 Å². The molecule has 26 heavy (non-hydrogen) atoms. The SMILES string of the molecule is C=CCn1c(C)c(/C=N\NC(=O)c2cccc(OC)c2)c2ccccc21. The van der Waals surface area contributed by atoms with E-state index in [2.05, 4.69) is 27.7 Å². The largest absolute Gasteiger partial charge is 0.497 e. The standard InChI is InChI=1S/C21H21N3O2/c1-4-12-24-15(2)19(18-10-5-6-11-20(18)24)14-22-23-21(25)16-8-7-9-17(13-16)26-3/h4-11,13-14H,1,12H2,2-3H3,(H,23,25)/b22-14-. The van der Waals surface area contributed by atoms with Gasteiger partial charge in [0, 0.05) is 34.3 Å². The third kappa shape index (κ3) is 3.37. The fourth-order valence-electron chi connectivity index (χ4n) is 2.97. The van der Waals surface area contributed by atoms with Gasteiger partial charge in [-0.1, -0.05) is 30.3 Å². The van der Waals surface area contributed by atoms with Crippen molar-refractivity contribution >= 4 is 23.0 Å². The Balaban J connectivity index is 1.85. The molecule has 0 bridgehead atoms. The topological polar surface area (TPSA) is 55.6 Å². The molecule has 1 aromatic heterocycles. The molecule has 0 aliphatic carbocycles. The summed E-state index contributed by atoms with van der Waals surface area (Å²) in [6.45, 7) is 6.58. The summed E-state index contributed by atoms with van der Waals surface area (Å²) in [6, 6.07) is 15.1. The molecule has 0 aliphatic heterocycles. The van der Waals surface area contributed by atoms with Crippen molar-refractivity contribution in [3.63, 3.8) is 0 Å². The molecule has 0 saturated heterocycles. The van der Waals surface area contributed by atoms with Crippen molar-refractivity contribution in [1.82, 2.24) is 9.99 Å². The number of amides is 1. The van der Waals surface area contributed by atoms with Gasteiger partial charge in [0.05, 0.1) is 13.3 Å². The molecule has 0 saturated carbocycles. The summed E-state index contributed by atoms with van der Waals surface area (Å²) < 4.78 is 7.31. The lowest BCUT2D eigenvalue weighted by atomic mass is 10.1. The number of carbonyl (C=O) groups excluding carboxylic acids is 1. The third-order valence-electron chi connectivity index (χ3n) is 4.28. The Morgan fingerprint density at radius 2 is 2.08 bits per heavy atom. The second kappa shape index (κ2) is 7.70. The number of hydrogen-bond donors (Lipinski definition) is 1. The van der Waals surface area contributed by atoms with Crippen LogP contribution in [0.4, 0.5) is 0 Å². The van der Waals surface area contributed by atoms with Gasteiger partial charge in [0.15, 0.2) is 0 Å². The molecule has 0 unspecified atom stereocenters. The van der Waals surface area contributed by atoms with Crippen molar-refractivity contribution < 1.29 is 9.53 Å². The quantitative estimate of drug-likeness (QED) is 0.418. The average Bonchev–Trinajstić information content (AvgIpc) is 2.94. The molecule has 5 nitrogen and oxygen atoms in total. The molecule has 3 aromatic rings. The van der Waals surface area contributed by atoms with E-state index in [1.54, 1.807) is 37.6 Å². The van der Waals surface area contributed by atoms with E-state index >= 15 is 0 Å². The van der Waals surface area contributed by atoms with Crippen LogP contribution in [0, 0.1) is 6.92 Å². The zero-order chi connectivity index (χ0) is 18.5. The molecule has 0 radical (unpaired) electrons. The molecule has 3 rings (SSSR count). The van der Waals surface area contributed by atoms with Crippen molar-refractivity contribution in [2.75, 3.05) is 7.11 Å². The smallest absolute Gasteiger partial charge is 0.271 e. The molecule has 2 aromatic carbocycles. The van der Waals surface area contributed by atoms with Crippen molar-refractivity contribution in [2.45, 2.75) is 13.5 Å². The molecular formula is C21H21N3O2. The van der Waals surface area contributed by atoms with E-state index < -0.39 is 0 Å². The molecule has 0 fully saturated rings. The Kier molecular flexibility index (Phi) is 5.17. The number of hydrazone groups is 1. The second-order valence-corrected chi connectivity index (χ2v) is 5.85. The second-order valence-electron chi connectivity index (χ2n) is 5.85. The minimum absolute atomic E-state index is 0.285. The number of aromatic nitrogens is 1. The van der Waals surface area contributed by atoms with Crippen LogP contribution in [0.25, 0.3) is 10.9 Å². The van der Waals surface area contributed by atoms with Crippen molar-refractivity contribution in [3.05, 3.63) is 78.0 Å². The van der Waals surface area contributed by atoms with Crippen LogP contribution in [-0.4, -0.2) is 23.8 Å². The van der Waals surface area contributed by atoms with Crippen LogP contribution in [0.5, 0.6) is 5.75 Å². The molecule has 0 spiro atoms. The van der Waals surface area contributed by atoms with Gasteiger partial charge in [-0.15, -0.1) is 6.58 Å². The number of allylic oxidation sites excluding steroid dienone is 1. The number of fused-ring (bicyclic) bond motifs is 1. The number of carbonyl (C=O) groups is 1. The van der Waals surface area contributed by atoms with Gasteiger partial charge in [-0.25, -0.2) is 5.43 Å². The Morgan fingerprint density at radius 3 is 2.85 bits per heavy atom. The number of methoxy groups -OCH3 is 1. The van der Waals surface area contributed by atoms with Crippen LogP contribution in [-0.2, 0) is 6.54 Å². The Morgan fingerprint density at radius 1 is 1.27 bits per heavy atom. The number of benzene rings is 2. The van der Waals surface area contributed by atoms with E-state index in [4.69, 9.17) is 4.74 Å². The van der Waals surface area contributed by atoms with Gasteiger partial charge in [-0.2, -0.15) is 5.10 Å². The predicted octanol–water partition coefficient (Wildman–Crippen LogP) is 3.91. The van der Waals surface area contributed by atoms with Gasteiger partial charge in [-0.3, -0.25) is 4.79 Å². The minimum atomic E-state index is -0.285. The van der Waals surface area contributed by atoms with Crippen LogP contribution < -0.4 is 10.2 Å². The summed E-state index contributed by atoms with van der Waals surface area (Å²) >= 11 is 0. The van der Waals surface area contributed by atoms with Gasteiger partial charge < -0.3 is 9.30 Å². The van der Waals surface area contributed by atoms with E-state index in [1.807, 2.05) is 31.2 Å². The summed E-state index contributed by atoms with van der Waals surface area (Å²) in [5.74, 6) is 0.345. The van der Waals surface area contributed by atoms with E-state index in [0.29, 0.717) is 11.3 Å². The van der Waals surface area contributed by atoms with Crippen LogP contribution in [0.2, 0.25) is 0 Å². The maximum atomic E-state index is 12.3. The molecule has 1 N–H and O–H groups in total. The Hall–Kier alpha value is -3.34. The molecule has 5 heteroatoms. The van der Waals surface area contributed by atoms with Crippen LogP contribution in [0.3, 0.4) is 0 Å². The summed E-state index contributed by atoms with van der Waals surface area (Å²) in [4.78, 5) is 12.3. The molecule has 0 aliphatic rings. The van der Waals surface area contributed by atoms with Gasteiger partial charge in [-0.05, 0) is 31.2 Å². The van der Waals surface area contributed by atoms with Gasteiger partial charge in [0.1, 0.15) is 5.75 Å². The normalized spacial score (nSPS) is 11.0. The monoisotopic (exact) mass is 347 g/mol. The fraction of sp³-hybridized carbons (Fsp3) is 0.143. The molecule has 1 heterocycles. The molecule has 132 valence electrons. The summed E-state index contributed by atoms with van der Waals surface area (Å²) in [6.07, 6.45) is 3.56. The van der Waals surface area contributed by atoms with E-state index in [-0.39, 0.29) is 5.91 Å². The summed E-state index contributed by atoms with van der Waals surface area (Å²) in [5, 5.41) is 5.24. The van der Waals surface area contributed by atoms with Gasteiger partial charge in [0.25, 0.3) is 5.91 Å². The first-order chi connectivity index (χ1) is 12.7. The van der Waals surface area contributed by atoms with E-state index in [1.165, 1.54) is 0 Å². The molecule has 1 amide bonds. The first-order valence-corrected chi connectivity index (χ1v) is 8.32. The first-order valence-electron chi connectivity index (χ1n) is 8.32. The lowest BCUT2D eigenvalue weighted by Crippen LogP contribution is -2.17. The molecule has 0 atom stereocenters. The lowest BCUT2D eigenvalue weighted by molar-refractivity contribution is 0.0955. The highest BCUT2D eigenvalue weighted by Gasteiger charge is 2.11. The third-order valence-corrected chi connectivity index (χ3v) is 4.28. The highest BCUT2D eigenvalue weighted by Crippen LogP contribution is 2.24. The highest BCUT2D eigenvalue weighted by molar-refractivity contribution is 6.02. The average molecular weight is 347 g/mol. The van der Waals surface area contributed by atoms with Crippen molar-refractivity contribution in [3.8, 4) is 5.75 Å². The number of nitrogens with one attached hydrogen (secondary N) is 1.